The molecule has 1 aliphatic rings. The fourth-order valence-corrected chi connectivity index (χ4v) is 2.75. The van der Waals surface area contributed by atoms with E-state index in [2.05, 4.69) is 0 Å². The van der Waals surface area contributed by atoms with Gasteiger partial charge in [-0.15, -0.1) is 0 Å². The predicted molar refractivity (Wildman–Crippen MR) is 96.5 cm³/mol. The number of benzene rings is 2. The average molecular weight is 322 g/mol. The molecular formula is C20H22N2O2. The number of nitrogens with zero attached hydrogens (tertiary/aromatic N) is 1. The summed E-state index contributed by atoms with van der Waals surface area (Å²) in [5, 5.41) is 0. The third-order valence-electron chi connectivity index (χ3n) is 4.11. The zero-order valence-corrected chi connectivity index (χ0v) is 13.7. The summed E-state index contributed by atoms with van der Waals surface area (Å²) in [6.45, 7) is 2.20. The highest BCUT2D eigenvalue weighted by Crippen LogP contribution is 2.24. The second kappa shape index (κ2) is 7.68. The minimum atomic E-state index is 0.0653. The molecule has 0 saturated carbocycles. The zero-order chi connectivity index (χ0) is 16.8. The van der Waals surface area contributed by atoms with Gasteiger partial charge in [0.15, 0.2) is 0 Å². The van der Waals surface area contributed by atoms with Gasteiger partial charge in [-0.3, -0.25) is 4.79 Å². The van der Waals surface area contributed by atoms with E-state index < -0.39 is 0 Å². The van der Waals surface area contributed by atoms with Crippen LogP contribution in [0.5, 0.6) is 5.75 Å². The Kier molecular flexibility index (Phi) is 5.16. The first kappa shape index (κ1) is 16.1. The van der Waals surface area contributed by atoms with Crippen molar-refractivity contribution in [1.29, 1.82) is 0 Å². The van der Waals surface area contributed by atoms with Crippen LogP contribution in [0.4, 0.5) is 5.69 Å². The smallest absolute Gasteiger partial charge is 0.246 e. The van der Waals surface area contributed by atoms with E-state index in [4.69, 9.17) is 10.5 Å². The Morgan fingerprint density at radius 2 is 1.88 bits per heavy atom. The van der Waals surface area contributed by atoms with E-state index in [1.807, 2.05) is 53.4 Å². The maximum Gasteiger partial charge on any atom is 0.246 e. The fraction of sp³-hybridized carbons (Fsp3) is 0.250. The lowest BCUT2D eigenvalue weighted by Gasteiger charge is -2.12. The van der Waals surface area contributed by atoms with E-state index in [0.717, 1.165) is 37.1 Å². The molecule has 124 valence electrons. The summed E-state index contributed by atoms with van der Waals surface area (Å²) in [5.41, 5.74) is 8.62. The third-order valence-corrected chi connectivity index (χ3v) is 4.11. The SMILES string of the molecule is Nc1cc(/C=C\C(=O)N2CCCC2)ccc1OCc1ccccc1. The van der Waals surface area contributed by atoms with Crippen molar-refractivity contribution in [1.82, 2.24) is 4.90 Å². The molecule has 2 aromatic carbocycles. The Hall–Kier alpha value is -2.75. The number of likely N-dealkylation sites (tertiary alicyclic amines) is 1. The molecule has 0 atom stereocenters. The van der Waals surface area contributed by atoms with Crippen LogP contribution < -0.4 is 10.5 Å². The molecule has 0 aliphatic carbocycles. The van der Waals surface area contributed by atoms with Gasteiger partial charge < -0.3 is 15.4 Å². The molecule has 0 spiro atoms. The molecule has 1 heterocycles. The summed E-state index contributed by atoms with van der Waals surface area (Å²) < 4.78 is 5.76. The summed E-state index contributed by atoms with van der Waals surface area (Å²) in [6, 6.07) is 15.5. The van der Waals surface area contributed by atoms with Crippen molar-refractivity contribution in [2.45, 2.75) is 19.4 Å². The van der Waals surface area contributed by atoms with E-state index in [1.54, 1.807) is 12.2 Å². The van der Waals surface area contributed by atoms with Crippen LogP contribution in [0, 0.1) is 0 Å². The third kappa shape index (κ3) is 4.16. The first-order valence-corrected chi connectivity index (χ1v) is 8.25. The zero-order valence-electron chi connectivity index (χ0n) is 13.7. The van der Waals surface area contributed by atoms with E-state index in [1.165, 1.54) is 0 Å². The maximum atomic E-state index is 12.0. The molecule has 4 nitrogen and oxygen atoms in total. The van der Waals surface area contributed by atoms with Gasteiger partial charge >= 0.3 is 0 Å². The van der Waals surface area contributed by atoms with Crippen LogP contribution in [-0.2, 0) is 11.4 Å². The summed E-state index contributed by atoms with van der Waals surface area (Å²) in [6.07, 6.45) is 5.61. The highest BCUT2D eigenvalue weighted by Gasteiger charge is 2.15. The molecule has 1 fully saturated rings. The first-order valence-electron chi connectivity index (χ1n) is 8.25. The van der Waals surface area contributed by atoms with Crippen molar-refractivity contribution in [3.8, 4) is 5.75 Å². The van der Waals surface area contributed by atoms with Crippen molar-refractivity contribution in [3.63, 3.8) is 0 Å². The van der Waals surface area contributed by atoms with Crippen LogP contribution in [0.1, 0.15) is 24.0 Å². The predicted octanol–water partition coefficient (Wildman–Crippen LogP) is 3.48. The lowest BCUT2D eigenvalue weighted by molar-refractivity contribution is -0.124. The standard InChI is InChI=1S/C20H22N2O2/c21-18-14-16(9-11-20(23)22-12-4-5-13-22)8-10-19(18)24-15-17-6-2-1-3-7-17/h1-3,6-11,14H,4-5,12-13,15,21H2/b11-9-. The largest absolute Gasteiger partial charge is 0.487 e. The van der Waals surface area contributed by atoms with Crippen molar-refractivity contribution in [2.24, 2.45) is 0 Å². The molecular weight excluding hydrogens is 300 g/mol. The Balaban J connectivity index is 1.60. The van der Waals surface area contributed by atoms with Crippen LogP contribution in [0.2, 0.25) is 0 Å². The molecule has 4 heteroatoms. The summed E-state index contributed by atoms with van der Waals surface area (Å²) in [7, 11) is 0. The lowest BCUT2D eigenvalue weighted by atomic mass is 10.1. The number of anilines is 1. The van der Waals surface area contributed by atoms with E-state index in [9.17, 15) is 4.79 Å². The van der Waals surface area contributed by atoms with Gasteiger partial charge in [0.05, 0.1) is 5.69 Å². The molecule has 0 bridgehead atoms. The molecule has 24 heavy (non-hydrogen) atoms. The van der Waals surface area contributed by atoms with Gasteiger partial charge in [0.2, 0.25) is 5.91 Å². The number of rotatable bonds is 5. The number of amides is 1. The monoisotopic (exact) mass is 322 g/mol. The van der Waals surface area contributed by atoms with Gasteiger partial charge in [0, 0.05) is 19.2 Å². The van der Waals surface area contributed by atoms with E-state index in [-0.39, 0.29) is 5.91 Å². The van der Waals surface area contributed by atoms with Crippen molar-refractivity contribution < 1.29 is 9.53 Å². The van der Waals surface area contributed by atoms with Crippen molar-refractivity contribution in [2.75, 3.05) is 18.8 Å². The molecule has 2 N–H and O–H groups in total. The molecule has 1 amide bonds. The summed E-state index contributed by atoms with van der Waals surface area (Å²) in [5.74, 6) is 0.720. The van der Waals surface area contributed by atoms with Gasteiger partial charge in [0.25, 0.3) is 0 Å². The van der Waals surface area contributed by atoms with Crippen molar-refractivity contribution in [3.05, 3.63) is 65.7 Å². The van der Waals surface area contributed by atoms with Crippen LogP contribution in [0.3, 0.4) is 0 Å². The Morgan fingerprint density at radius 3 is 2.58 bits per heavy atom. The molecule has 1 aliphatic heterocycles. The average Bonchev–Trinajstić information content (AvgIpc) is 3.14. The lowest BCUT2D eigenvalue weighted by Crippen LogP contribution is -2.25. The Bertz CT molecular complexity index is 720. The second-order valence-electron chi connectivity index (χ2n) is 5.94. The number of ether oxygens (including phenoxy) is 1. The molecule has 0 unspecified atom stereocenters. The number of hydrogen-bond donors (Lipinski definition) is 1. The van der Waals surface area contributed by atoms with Gasteiger partial charge in [-0.1, -0.05) is 36.4 Å². The number of nitrogen functional groups attached to an aromatic ring is 1. The number of carbonyl (C=O) groups is 1. The van der Waals surface area contributed by atoms with Gasteiger partial charge in [0.1, 0.15) is 12.4 Å². The molecule has 3 rings (SSSR count). The summed E-state index contributed by atoms with van der Waals surface area (Å²) in [4.78, 5) is 13.9. The van der Waals surface area contributed by atoms with Gasteiger partial charge in [-0.05, 0) is 42.2 Å². The van der Waals surface area contributed by atoms with Crippen LogP contribution in [0.25, 0.3) is 6.08 Å². The van der Waals surface area contributed by atoms with Crippen LogP contribution in [0.15, 0.2) is 54.6 Å². The molecule has 1 saturated heterocycles. The second-order valence-corrected chi connectivity index (χ2v) is 5.94. The Labute approximate surface area is 142 Å². The fourth-order valence-electron chi connectivity index (χ4n) is 2.75. The maximum absolute atomic E-state index is 12.0. The number of hydrogen-bond acceptors (Lipinski definition) is 3. The summed E-state index contributed by atoms with van der Waals surface area (Å²) >= 11 is 0. The highest BCUT2D eigenvalue weighted by atomic mass is 16.5. The minimum absolute atomic E-state index is 0.0653. The van der Waals surface area contributed by atoms with E-state index in [0.29, 0.717) is 18.0 Å². The number of nitrogens with two attached hydrogens (primary N) is 1. The molecule has 2 aromatic rings. The Morgan fingerprint density at radius 1 is 1.12 bits per heavy atom. The first-order chi connectivity index (χ1) is 11.7. The normalized spacial score (nSPS) is 14.2. The van der Waals surface area contributed by atoms with E-state index >= 15 is 0 Å². The molecule has 0 radical (unpaired) electrons. The number of carbonyl (C=O) groups excluding carboxylic acids is 1. The highest BCUT2D eigenvalue weighted by molar-refractivity contribution is 5.92. The van der Waals surface area contributed by atoms with Gasteiger partial charge in [-0.25, -0.2) is 0 Å². The van der Waals surface area contributed by atoms with Crippen LogP contribution >= 0.6 is 0 Å². The topological polar surface area (TPSA) is 55.6 Å². The van der Waals surface area contributed by atoms with Crippen molar-refractivity contribution >= 4 is 17.7 Å². The molecule has 0 aromatic heterocycles. The quantitative estimate of drug-likeness (QED) is 0.677. The van der Waals surface area contributed by atoms with Gasteiger partial charge in [-0.2, -0.15) is 0 Å². The van der Waals surface area contributed by atoms with Crippen LogP contribution in [-0.4, -0.2) is 23.9 Å². The minimum Gasteiger partial charge on any atom is -0.487 e.